The number of aryl methyl sites for hydroxylation is 2. The number of hydrogen-bond donors (Lipinski definition) is 1. The van der Waals surface area contributed by atoms with Crippen LogP contribution in [-0.2, 0) is 18.3 Å². The van der Waals surface area contributed by atoms with Crippen LogP contribution in [0.15, 0.2) is 0 Å². The first-order valence-corrected chi connectivity index (χ1v) is 7.00. The summed E-state index contributed by atoms with van der Waals surface area (Å²) in [4.78, 5) is 14.3. The van der Waals surface area contributed by atoms with Crippen molar-refractivity contribution >= 4 is 5.91 Å². The van der Waals surface area contributed by atoms with Crippen LogP contribution >= 0.6 is 0 Å². The van der Waals surface area contributed by atoms with Gasteiger partial charge in [0.25, 0.3) is 0 Å². The molecule has 0 aromatic carbocycles. The van der Waals surface area contributed by atoms with Gasteiger partial charge < -0.3 is 10.2 Å². The fourth-order valence-electron chi connectivity index (χ4n) is 2.77. The molecule has 0 spiro atoms. The maximum Gasteiger partial charge on any atom is 0.223 e. The van der Waals surface area contributed by atoms with Crippen LogP contribution < -0.4 is 5.32 Å². The van der Waals surface area contributed by atoms with Crippen molar-refractivity contribution < 1.29 is 4.79 Å². The highest BCUT2D eigenvalue weighted by molar-refractivity contribution is 5.77. The highest BCUT2D eigenvalue weighted by atomic mass is 16.2. The number of hydrogen-bond acceptors (Lipinski definition) is 3. The molecule has 2 heterocycles. The summed E-state index contributed by atoms with van der Waals surface area (Å²) in [6.45, 7) is 8.81. The lowest BCUT2D eigenvalue weighted by molar-refractivity contribution is -0.133. The fraction of sp³-hybridized carbons (Fsp3) is 0.714. The van der Waals surface area contributed by atoms with E-state index in [-0.39, 0.29) is 5.91 Å². The molecular formula is C14H24N4O. The zero-order valence-electron chi connectivity index (χ0n) is 12.4. The van der Waals surface area contributed by atoms with E-state index in [9.17, 15) is 4.79 Å². The van der Waals surface area contributed by atoms with Crippen LogP contribution in [0.4, 0.5) is 0 Å². The predicted octanol–water partition coefficient (Wildman–Crippen LogP) is 0.790. The predicted molar refractivity (Wildman–Crippen MR) is 75.0 cm³/mol. The third kappa shape index (κ3) is 2.97. The van der Waals surface area contributed by atoms with Gasteiger partial charge in [-0.25, -0.2) is 0 Å². The Hall–Kier alpha value is -1.36. The Morgan fingerprint density at radius 3 is 2.79 bits per heavy atom. The smallest absolute Gasteiger partial charge is 0.223 e. The third-order valence-electron chi connectivity index (χ3n) is 4.07. The summed E-state index contributed by atoms with van der Waals surface area (Å²) >= 11 is 0. The van der Waals surface area contributed by atoms with Gasteiger partial charge in [-0.3, -0.25) is 9.48 Å². The second kappa shape index (κ2) is 5.74. The van der Waals surface area contributed by atoms with E-state index in [1.807, 2.05) is 23.6 Å². The molecule has 0 bridgehead atoms. The molecule has 1 aliphatic heterocycles. The molecule has 1 aromatic heterocycles. The molecule has 0 saturated carbocycles. The first kappa shape index (κ1) is 14.1. The van der Waals surface area contributed by atoms with Crippen molar-refractivity contribution in [3.8, 4) is 0 Å². The van der Waals surface area contributed by atoms with Gasteiger partial charge in [-0.2, -0.15) is 5.10 Å². The van der Waals surface area contributed by atoms with Crippen molar-refractivity contribution in [3.63, 3.8) is 0 Å². The highest BCUT2D eigenvalue weighted by Crippen LogP contribution is 2.15. The number of nitrogens with one attached hydrogen (secondary N) is 1. The van der Waals surface area contributed by atoms with Crippen molar-refractivity contribution in [1.82, 2.24) is 20.0 Å². The minimum Gasteiger partial charge on any atom is -0.337 e. The standard InChI is InChI=1S/C14H24N4O/c1-10-9-15-7-8-18(10)14(19)6-5-13-11(2)16-17(4)12(13)3/h10,15H,5-9H2,1-4H3/t10-/m1/s1. The van der Waals surface area contributed by atoms with Gasteiger partial charge >= 0.3 is 0 Å². The molecule has 106 valence electrons. The molecule has 0 unspecified atom stereocenters. The average Bonchev–Trinajstić information content (AvgIpc) is 2.61. The molecule has 5 heteroatoms. The lowest BCUT2D eigenvalue weighted by Crippen LogP contribution is -2.52. The van der Waals surface area contributed by atoms with Gasteiger partial charge in [0, 0.05) is 44.8 Å². The van der Waals surface area contributed by atoms with E-state index in [4.69, 9.17) is 0 Å². The summed E-state index contributed by atoms with van der Waals surface area (Å²) in [7, 11) is 1.95. The largest absolute Gasteiger partial charge is 0.337 e. The van der Waals surface area contributed by atoms with Crippen LogP contribution in [0.25, 0.3) is 0 Å². The number of carbonyl (C=O) groups excluding carboxylic acids is 1. The van der Waals surface area contributed by atoms with Crippen LogP contribution in [0.5, 0.6) is 0 Å². The van der Waals surface area contributed by atoms with Gasteiger partial charge in [0.15, 0.2) is 0 Å². The first-order valence-electron chi connectivity index (χ1n) is 7.00. The minimum absolute atomic E-state index is 0.261. The van der Waals surface area contributed by atoms with Crippen LogP contribution in [-0.4, -0.2) is 46.3 Å². The van der Waals surface area contributed by atoms with Crippen molar-refractivity contribution in [2.24, 2.45) is 7.05 Å². The summed E-state index contributed by atoms with van der Waals surface area (Å²) in [5.41, 5.74) is 3.43. The molecule has 1 saturated heterocycles. The second-order valence-electron chi connectivity index (χ2n) is 5.41. The normalized spacial score (nSPS) is 19.8. The number of aromatic nitrogens is 2. The molecule has 19 heavy (non-hydrogen) atoms. The fourth-order valence-corrected chi connectivity index (χ4v) is 2.77. The molecule has 0 aliphatic carbocycles. The van der Waals surface area contributed by atoms with Gasteiger partial charge in [-0.1, -0.05) is 0 Å². The Labute approximate surface area is 115 Å². The van der Waals surface area contributed by atoms with Crippen LogP contribution in [0.1, 0.15) is 30.3 Å². The average molecular weight is 264 g/mol. The van der Waals surface area contributed by atoms with Gasteiger partial charge in [-0.05, 0) is 32.8 Å². The van der Waals surface area contributed by atoms with Crippen LogP contribution in [0.2, 0.25) is 0 Å². The Morgan fingerprint density at radius 2 is 2.21 bits per heavy atom. The summed E-state index contributed by atoms with van der Waals surface area (Å²) in [5.74, 6) is 0.261. The van der Waals surface area contributed by atoms with Crippen LogP contribution in [0, 0.1) is 13.8 Å². The lowest BCUT2D eigenvalue weighted by Gasteiger charge is -2.34. The molecule has 5 nitrogen and oxygen atoms in total. The quantitative estimate of drug-likeness (QED) is 0.878. The minimum atomic E-state index is 0.261. The molecule has 1 aliphatic rings. The summed E-state index contributed by atoms with van der Waals surface area (Å²) in [6.07, 6.45) is 1.37. The van der Waals surface area contributed by atoms with E-state index >= 15 is 0 Å². The number of piperazine rings is 1. The van der Waals surface area contributed by atoms with Gasteiger partial charge in [0.05, 0.1) is 5.69 Å². The van der Waals surface area contributed by atoms with Crippen LogP contribution in [0.3, 0.4) is 0 Å². The van der Waals surface area contributed by atoms with E-state index in [1.165, 1.54) is 11.3 Å². The Kier molecular flexibility index (Phi) is 4.24. The van der Waals surface area contributed by atoms with E-state index in [0.717, 1.165) is 31.7 Å². The van der Waals surface area contributed by atoms with E-state index in [2.05, 4.69) is 24.3 Å². The van der Waals surface area contributed by atoms with Crippen molar-refractivity contribution in [1.29, 1.82) is 0 Å². The highest BCUT2D eigenvalue weighted by Gasteiger charge is 2.23. The van der Waals surface area contributed by atoms with E-state index in [1.54, 1.807) is 0 Å². The van der Waals surface area contributed by atoms with Gasteiger partial charge in [-0.15, -0.1) is 0 Å². The maximum absolute atomic E-state index is 12.3. The Morgan fingerprint density at radius 1 is 1.47 bits per heavy atom. The summed E-state index contributed by atoms with van der Waals surface area (Å²) in [6, 6.07) is 0.303. The van der Waals surface area contributed by atoms with Gasteiger partial charge in [0.2, 0.25) is 5.91 Å². The molecule has 1 aromatic rings. The van der Waals surface area contributed by atoms with E-state index in [0.29, 0.717) is 12.5 Å². The first-order chi connectivity index (χ1) is 9.00. The Bertz CT molecular complexity index is 466. The molecule has 1 N–H and O–H groups in total. The number of amides is 1. The molecular weight excluding hydrogens is 240 g/mol. The Balaban J connectivity index is 1.96. The van der Waals surface area contributed by atoms with Gasteiger partial charge in [0.1, 0.15) is 0 Å². The molecule has 0 radical (unpaired) electrons. The summed E-state index contributed by atoms with van der Waals surface area (Å²) < 4.78 is 1.89. The number of nitrogens with zero attached hydrogens (tertiary/aromatic N) is 3. The lowest BCUT2D eigenvalue weighted by atomic mass is 10.1. The van der Waals surface area contributed by atoms with Crippen molar-refractivity contribution in [2.75, 3.05) is 19.6 Å². The topological polar surface area (TPSA) is 50.2 Å². The second-order valence-corrected chi connectivity index (χ2v) is 5.41. The number of carbonyl (C=O) groups is 1. The van der Waals surface area contributed by atoms with Crippen molar-refractivity contribution in [3.05, 3.63) is 17.0 Å². The molecule has 2 rings (SSSR count). The molecule has 1 fully saturated rings. The number of rotatable bonds is 3. The molecule has 1 atom stereocenters. The maximum atomic E-state index is 12.3. The van der Waals surface area contributed by atoms with E-state index < -0.39 is 0 Å². The third-order valence-corrected chi connectivity index (χ3v) is 4.07. The summed E-state index contributed by atoms with van der Waals surface area (Å²) in [5, 5.41) is 7.71. The monoisotopic (exact) mass is 264 g/mol. The SMILES string of the molecule is Cc1nn(C)c(C)c1CCC(=O)N1CCNC[C@H]1C. The molecule has 1 amide bonds. The zero-order chi connectivity index (χ0) is 14.0. The zero-order valence-corrected chi connectivity index (χ0v) is 12.4. The van der Waals surface area contributed by atoms with Crippen molar-refractivity contribution in [2.45, 2.75) is 39.7 Å².